The normalized spacial score (nSPS) is 19.2. The van der Waals surface area contributed by atoms with Gasteiger partial charge in [-0.25, -0.2) is 9.97 Å². The Morgan fingerprint density at radius 3 is 2.79 bits per heavy atom. The van der Waals surface area contributed by atoms with E-state index in [-0.39, 0.29) is 0 Å². The SMILES string of the molecule is CCOc1ncnc(OCCC2CCCNC2)c1C. The average molecular weight is 265 g/mol. The number of rotatable bonds is 6. The van der Waals surface area contributed by atoms with Crippen LogP contribution in [0.5, 0.6) is 11.8 Å². The molecule has 0 spiro atoms. The second-order valence-corrected chi connectivity index (χ2v) is 4.89. The van der Waals surface area contributed by atoms with Gasteiger partial charge in [-0.3, -0.25) is 0 Å². The van der Waals surface area contributed by atoms with Gasteiger partial charge in [-0.15, -0.1) is 0 Å². The van der Waals surface area contributed by atoms with E-state index >= 15 is 0 Å². The highest BCUT2D eigenvalue weighted by Crippen LogP contribution is 2.23. The van der Waals surface area contributed by atoms with E-state index in [4.69, 9.17) is 9.47 Å². The van der Waals surface area contributed by atoms with Crippen LogP contribution >= 0.6 is 0 Å². The van der Waals surface area contributed by atoms with Crippen molar-refractivity contribution in [2.75, 3.05) is 26.3 Å². The summed E-state index contributed by atoms with van der Waals surface area (Å²) in [6, 6.07) is 0. The molecule has 1 aromatic rings. The van der Waals surface area contributed by atoms with Crippen LogP contribution in [-0.2, 0) is 0 Å². The van der Waals surface area contributed by atoms with E-state index in [9.17, 15) is 0 Å². The summed E-state index contributed by atoms with van der Waals surface area (Å²) in [5.74, 6) is 1.98. The van der Waals surface area contributed by atoms with Crippen LogP contribution in [0, 0.1) is 12.8 Å². The Bertz CT molecular complexity index is 392. The molecule has 1 unspecified atom stereocenters. The van der Waals surface area contributed by atoms with Crippen molar-refractivity contribution in [3.05, 3.63) is 11.9 Å². The van der Waals surface area contributed by atoms with Gasteiger partial charge in [-0.1, -0.05) is 0 Å². The smallest absolute Gasteiger partial charge is 0.223 e. The number of piperidine rings is 1. The summed E-state index contributed by atoms with van der Waals surface area (Å²) in [6.07, 6.45) is 5.13. The summed E-state index contributed by atoms with van der Waals surface area (Å²) in [6.45, 7) is 7.44. The molecule has 0 bridgehead atoms. The van der Waals surface area contributed by atoms with Gasteiger partial charge in [0.1, 0.15) is 6.33 Å². The van der Waals surface area contributed by atoms with Crippen LogP contribution in [0.3, 0.4) is 0 Å². The van der Waals surface area contributed by atoms with Crippen LogP contribution in [-0.4, -0.2) is 36.3 Å². The number of ether oxygens (including phenoxy) is 2. The monoisotopic (exact) mass is 265 g/mol. The molecule has 1 aromatic heterocycles. The van der Waals surface area contributed by atoms with Crippen molar-refractivity contribution in [3.8, 4) is 11.8 Å². The van der Waals surface area contributed by atoms with Gasteiger partial charge >= 0.3 is 0 Å². The number of aromatic nitrogens is 2. The van der Waals surface area contributed by atoms with E-state index in [0.717, 1.165) is 31.0 Å². The first-order chi connectivity index (χ1) is 9.31. The van der Waals surface area contributed by atoms with E-state index in [0.29, 0.717) is 25.0 Å². The van der Waals surface area contributed by atoms with Crippen LogP contribution < -0.4 is 14.8 Å². The molecule has 0 amide bonds. The maximum absolute atomic E-state index is 5.77. The van der Waals surface area contributed by atoms with E-state index in [1.54, 1.807) is 0 Å². The molecule has 5 nitrogen and oxygen atoms in total. The van der Waals surface area contributed by atoms with Gasteiger partial charge < -0.3 is 14.8 Å². The lowest BCUT2D eigenvalue weighted by molar-refractivity contribution is 0.242. The van der Waals surface area contributed by atoms with Crippen molar-refractivity contribution >= 4 is 0 Å². The van der Waals surface area contributed by atoms with Gasteiger partial charge in [-0.2, -0.15) is 0 Å². The molecule has 0 aliphatic carbocycles. The molecule has 5 heteroatoms. The fraction of sp³-hybridized carbons (Fsp3) is 0.714. The maximum atomic E-state index is 5.77. The molecule has 2 heterocycles. The Kier molecular flexibility index (Phi) is 5.39. The fourth-order valence-electron chi connectivity index (χ4n) is 2.34. The Morgan fingerprint density at radius 2 is 2.11 bits per heavy atom. The quantitative estimate of drug-likeness (QED) is 0.852. The lowest BCUT2D eigenvalue weighted by atomic mass is 9.97. The Hall–Kier alpha value is -1.36. The first-order valence-electron chi connectivity index (χ1n) is 7.09. The van der Waals surface area contributed by atoms with Crippen molar-refractivity contribution < 1.29 is 9.47 Å². The highest BCUT2D eigenvalue weighted by molar-refractivity contribution is 5.32. The molecule has 0 aromatic carbocycles. The summed E-state index contributed by atoms with van der Waals surface area (Å²) < 4.78 is 11.2. The first-order valence-corrected chi connectivity index (χ1v) is 7.09. The zero-order valence-corrected chi connectivity index (χ0v) is 11.8. The van der Waals surface area contributed by atoms with Crippen LogP contribution in [0.2, 0.25) is 0 Å². The fourth-order valence-corrected chi connectivity index (χ4v) is 2.34. The molecule has 1 aliphatic rings. The summed E-state index contributed by atoms with van der Waals surface area (Å²) in [5.41, 5.74) is 0.881. The van der Waals surface area contributed by atoms with Crippen LogP contribution in [0.15, 0.2) is 6.33 Å². The average Bonchev–Trinajstić information content (AvgIpc) is 2.44. The molecule has 1 N–H and O–H groups in total. The molecule has 0 saturated carbocycles. The molecular weight excluding hydrogens is 242 g/mol. The second kappa shape index (κ2) is 7.28. The highest BCUT2D eigenvalue weighted by atomic mass is 16.5. The topological polar surface area (TPSA) is 56.3 Å². The van der Waals surface area contributed by atoms with Crippen LogP contribution in [0.25, 0.3) is 0 Å². The molecule has 1 saturated heterocycles. The Balaban J connectivity index is 1.83. The van der Waals surface area contributed by atoms with Gasteiger partial charge in [-0.05, 0) is 52.1 Å². The largest absolute Gasteiger partial charge is 0.478 e. The van der Waals surface area contributed by atoms with Gasteiger partial charge in [0.15, 0.2) is 0 Å². The lowest BCUT2D eigenvalue weighted by Gasteiger charge is -2.22. The van der Waals surface area contributed by atoms with E-state index in [1.165, 1.54) is 19.2 Å². The predicted molar refractivity (Wildman–Crippen MR) is 73.6 cm³/mol. The Labute approximate surface area is 114 Å². The maximum Gasteiger partial charge on any atom is 0.223 e. The van der Waals surface area contributed by atoms with Gasteiger partial charge in [0.2, 0.25) is 11.8 Å². The number of nitrogens with one attached hydrogen (secondary N) is 1. The third kappa shape index (κ3) is 4.06. The number of hydrogen-bond acceptors (Lipinski definition) is 5. The van der Waals surface area contributed by atoms with E-state index < -0.39 is 0 Å². The van der Waals surface area contributed by atoms with Crippen molar-refractivity contribution in [1.82, 2.24) is 15.3 Å². The molecule has 0 radical (unpaired) electrons. The molecular formula is C14H23N3O2. The molecule has 106 valence electrons. The summed E-state index contributed by atoms with van der Waals surface area (Å²) >= 11 is 0. The highest BCUT2D eigenvalue weighted by Gasteiger charge is 2.14. The third-order valence-corrected chi connectivity index (χ3v) is 3.44. The lowest BCUT2D eigenvalue weighted by Crippen LogP contribution is -2.30. The summed E-state index contributed by atoms with van der Waals surface area (Å²) in [5, 5.41) is 3.42. The van der Waals surface area contributed by atoms with Crippen LogP contribution in [0.1, 0.15) is 31.7 Å². The first kappa shape index (κ1) is 14.1. The van der Waals surface area contributed by atoms with Gasteiger partial charge in [0.05, 0.1) is 18.8 Å². The van der Waals surface area contributed by atoms with Crippen LogP contribution in [0.4, 0.5) is 0 Å². The van der Waals surface area contributed by atoms with Crippen molar-refractivity contribution in [1.29, 1.82) is 0 Å². The minimum atomic E-state index is 0.602. The zero-order chi connectivity index (χ0) is 13.5. The molecule has 2 rings (SSSR count). The van der Waals surface area contributed by atoms with Gasteiger partial charge in [0, 0.05) is 0 Å². The van der Waals surface area contributed by atoms with Gasteiger partial charge in [0.25, 0.3) is 0 Å². The molecule has 1 fully saturated rings. The van der Waals surface area contributed by atoms with E-state index in [2.05, 4.69) is 15.3 Å². The summed E-state index contributed by atoms with van der Waals surface area (Å²) in [4.78, 5) is 8.28. The minimum absolute atomic E-state index is 0.602. The minimum Gasteiger partial charge on any atom is -0.478 e. The molecule has 19 heavy (non-hydrogen) atoms. The zero-order valence-electron chi connectivity index (χ0n) is 11.8. The molecule has 1 atom stereocenters. The molecule has 1 aliphatic heterocycles. The van der Waals surface area contributed by atoms with Crippen molar-refractivity contribution in [2.45, 2.75) is 33.1 Å². The standard InChI is InChI=1S/C14H23N3O2/c1-3-18-13-11(2)14(17-10-16-13)19-8-6-12-5-4-7-15-9-12/h10,12,15H,3-9H2,1-2H3. The van der Waals surface area contributed by atoms with Crippen molar-refractivity contribution in [3.63, 3.8) is 0 Å². The number of hydrogen-bond donors (Lipinski definition) is 1. The summed E-state index contributed by atoms with van der Waals surface area (Å²) in [7, 11) is 0. The van der Waals surface area contributed by atoms with Crippen molar-refractivity contribution in [2.24, 2.45) is 5.92 Å². The third-order valence-electron chi connectivity index (χ3n) is 3.44. The van der Waals surface area contributed by atoms with E-state index in [1.807, 2.05) is 13.8 Å². The predicted octanol–water partition coefficient (Wildman–Crippen LogP) is 1.95. The number of nitrogens with zero attached hydrogens (tertiary/aromatic N) is 2. The Morgan fingerprint density at radius 1 is 1.32 bits per heavy atom. The second-order valence-electron chi connectivity index (χ2n) is 4.89.